The SMILES string of the molecule is COc1cc(C(=O)O)ccc1NC(=O)c1ccc([N+](=O)[O-])c(OC)c1. The van der Waals surface area contributed by atoms with Crippen LogP contribution in [0.4, 0.5) is 11.4 Å². The second-order valence-corrected chi connectivity index (χ2v) is 4.82. The molecule has 2 rings (SSSR count). The van der Waals surface area contributed by atoms with E-state index >= 15 is 0 Å². The molecule has 0 fully saturated rings. The molecule has 2 aromatic rings. The Morgan fingerprint density at radius 2 is 1.64 bits per heavy atom. The van der Waals surface area contributed by atoms with Gasteiger partial charge < -0.3 is 19.9 Å². The van der Waals surface area contributed by atoms with E-state index in [0.29, 0.717) is 0 Å². The predicted octanol–water partition coefficient (Wildman–Crippen LogP) is 2.56. The van der Waals surface area contributed by atoms with E-state index in [0.717, 1.165) is 0 Å². The number of hydrogen-bond acceptors (Lipinski definition) is 6. The van der Waals surface area contributed by atoms with Crippen LogP contribution in [0.1, 0.15) is 20.7 Å². The summed E-state index contributed by atoms with van der Waals surface area (Å²) in [5.41, 5.74) is 0.135. The second kappa shape index (κ2) is 7.30. The Balaban J connectivity index is 2.31. The average Bonchev–Trinajstić information content (AvgIpc) is 2.60. The van der Waals surface area contributed by atoms with Gasteiger partial charge in [-0.2, -0.15) is 0 Å². The molecule has 0 aliphatic carbocycles. The lowest BCUT2D eigenvalue weighted by atomic mass is 10.1. The van der Waals surface area contributed by atoms with Crippen LogP contribution in [0.2, 0.25) is 0 Å². The molecule has 0 saturated carbocycles. The standard InChI is InChI=1S/C16H14N2O7/c1-24-13-8-10(16(20)21)3-5-11(13)17-15(19)9-4-6-12(18(22)23)14(7-9)25-2/h3-8H,1-2H3,(H,17,19)(H,20,21). The number of nitro benzene ring substituents is 1. The predicted molar refractivity (Wildman–Crippen MR) is 87.6 cm³/mol. The maximum absolute atomic E-state index is 12.3. The zero-order valence-electron chi connectivity index (χ0n) is 13.3. The molecular weight excluding hydrogens is 332 g/mol. The van der Waals surface area contributed by atoms with E-state index in [4.69, 9.17) is 14.6 Å². The van der Waals surface area contributed by atoms with Gasteiger partial charge in [0.1, 0.15) is 5.75 Å². The Morgan fingerprint density at radius 1 is 1.04 bits per heavy atom. The van der Waals surface area contributed by atoms with E-state index in [-0.39, 0.29) is 34.0 Å². The van der Waals surface area contributed by atoms with Crippen molar-refractivity contribution in [3.05, 3.63) is 57.6 Å². The van der Waals surface area contributed by atoms with Crippen LogP contribution >= 0.6 is 0 Å². The Bertz CT molecular complexity index is 848. The highest BCUT2D eigenvalue weighted by molar-refractivity contribution is 6.05. The fourth-order valence-corrected chi connectivity index (χ4v) is 2.09. The van der Waals surface area contributed by atoms with E-state index in [1.54, 1.807) is 0 Å². The van der Waals surface area contributed by atoms with Crippen molar-refractivity contribution in [3.63, 3.8) is 0 Å². The molecule has 0 spiro atoms. The number of anilines is 1. The van der Waals surface area contributed by atoms with Gasteiger partial charge in [0.25, 0.3) is 5.91 Å². The van der Waals surface area contributed by atoms with Gasteiger partial charge in [-0.25, -0.2) is 4.79 Å². The molecule has 0 aliphatic rings. The number of nitrogens with one attached hydrogen (secondary N) is 1. The Kier molecular flexibility index (Phi) is 5.18. The van der Waals surface area contributed by atoms with Crippen molar-refractivity contribution in [2.45, 2.75) is 0 Å². The lowest BCUT2D eigenvalue weighted by Gasteiger charge is -2.11. The number of rotatable bonds is 6. The Labute approximate surface area is 141 Å². The molecule has 130 valence electrons. The lowest BCUT2D eigenvalue weighted by Crippen LogP contribution is -2.13. The third-order valence-corrected chi connectivity index (χ3v) is 3.34. The minimum Gasteiger partial charge on any atom is -0.495 e. The van der Waals surface area contributed by atoms with Crippen LogP contribution in [0.5, 0.6) is 11.5 Å². The smallest absolute Gasteiger partial charge is 0.335 e. The highest BCUT2D eigenvalue weighted by Crippen LogP contribution is 2.29. The number of hydrogen-bond donors (Lipinski definition) is 2. The van der Waals surface area contributed by atoms with Gasteiger partial charge in [0.15, 0.2) is 5.75 Å². The van der Waals surface area contributed by atoms with Crippen molar-refractivity contribution in [1.29, 1.82) is 0 Å². The summed E-state index contributed by atoms with van der Waals surface area (Å²) in [6.07, 6.45) is 0. The van der Waals surface area contributed by atoms with Crippen molar-refractivity contribution in [3.8, 4) is 11.5 Å². The fraction of sp³-hybridized carbons (Fsp3) is 0.125. The van der Waals surface area contributed by atoms with Crippen molar-refractivity contribution in [1.82, 2.24) is 0 Å². The van der Waals surface area contributed by atoms with Gasteiger partial charge >= 0.3 is 11.7 Å². The largest absolute Gasteiger partial charge is 0.495 e. The van der Waals surface area contributed by atoms with Crippen LogP contribution < -0.4 is 14.8 Å². The van der Waals surface area contributed by atoms with Crippen LogP contribution in [0, 0.1) is 10.1 Å². The van der Waals surface area contributed by atoms with Crippen molar-refractivity contribution in [2.24, 2.45) is 0 Å². The van der Waals surface area contributed by atoms with Gasteiger partial charge in [0.05, 0.1) is 30.4 Å². The summed E-state index contributed by atoms with van der Waals surface area (Å²) in [6.45, 7) is 0. The van der Waals surface area contributed by atoms with Crippen LogP contribution in [-0.4, -0.2) is 36.1 Å². The van der Waals surface area contributed by atoms with Gasteiger partial charge in [-0.3, -0.25) is 14.9 Å². The minimum absolute atomic E-state index is 0.00635. The first kappa shape index (κ1) is 17.7. The maximum Gasteiger partial charge on any atom is 0.335 e. The average molecular weight is 346 g/mol. The zero-order chi connectivity index (χ0) is 18.6. The number of nitro groups is 1. The van der Waals surface area contributed by atoms with E-state index in [2.05, 4.69) is 5.32 Å². The first-order chi connectivity index (χ1) is 11.9. The minimum atomic E-state index is -1.13. The highest BCUT2D eigenvalue weighted by atomic mass is 16.6. The molecule has 2 N–H and O–H groups in total. The van der Waals surface area contributed by atoms with Crippen LogP contribution in [-0.2, 0) is 0 Å². The molecule has 0 unspecified atom stereocenters. The summed E-state index contributed by atoms with van der Waals surface area (Å²) < 4.78 is 10.00. The van der Waals surface area contributed by atoms with Gasteiger partial charge in [-0.1, -0.05) is 0 Å². The number of carboxylic acids is 1. The van der Waals surface area contributed by atoms with Gasteiger partial charge in [-0.15, -0.1) is 0 Å². The summed E-state index contributed by atoms with van der Waals surface area (Å²) >= 11 is 0. The summed E-state index contributed by atoms with van der Waals surface area (Å²) in [7, 11) is 2.60. The topological polar surface area (TPSA) is 128 Å². The normalized spacial score (nSPS) is 10.0. The number of carbonyl (C=O) groups excluding carboxylic acids is 1. The molecule has 9 nitrogen and oxygen atoms in total. The third kappa shape index (κ3) is 3.83. The van der Waals surface area contributed by atoms with E-state index in [1.165, 1.54) is 50.6 Å². The molecule has 0 heterocycles. The molecular formula is C16H14N2O7. The number of aromatic carboxylic acids is 1. The highest BCUT2D eigenvalue weighted by Gasteiger charge is 2.18. The number of amides is 1. The zero-order valence-corrected chi connectivity index (χ0v) is 13.3. The number of methoxy groups -OCH3 is 2. The molecule has 0 aromatic heterocycles. The molecule has 9 heteroatoms. The van der Waals surface area contributed by atoms with E-state index in [9.17, 15) is 19.7 Å². The molecule has 0 saturated heterocycles. The summed E-state index contributed by atoms with van der Waals surface area (Å²) in [5, 5.41) is 22.4. The first-order valence-electron chi connectivity index (χ1n) is 6.92. The second-order valence-electron chi connectivity index (χ2n) is 4.82. The summed E-state index contributed by atoms with van der Waals surface area (Å²) in [4.78, 5) is 33.6. The van der Waals surface area contributed by atoms with E-state index < -0.39 is 16.8 Å². The third-order valence-electron chi connectivity index (χ3n) is 3.34. The van der Waals surface area contributed by atoms with Crippen LogP contribution in [0.25, 0.3) is 0 Å². The Hall–Kier alpha value is -3.62. The molecule has 0 bridgehead atoms. The molecule has 0 radical (unpaired) electrons. The number of ether oxygens (including phenoxy) is 2. The van der Waals surface area contributed by atoms with E-state index in [1.807, 2.05) is 0 Å². The van der Waals surface area contributed by atoms with Gasteiger partial charge in [-0.05, 0) is 24.3 Å². The quantitative estimate of drug-likeness (QED) is 0.607. The number of carboxylic acid groups (broad SMARTS) is 1. The lowest BCUT2D eigenvalue weighted by molar-refractivity contribution is -0.385. The molecule has 25 heavy (non-hydrogen) atoms. The van der Waals surface area contributed by atoms with Crippen molar-refractivity contribution < 1.29 is 29.1 Å². The monoisotopic (exact) mass is 346 g/mol. The van der Waals surface area contributed by atoms with Crippen molar-refractivity contribution in [2.75, 3.05) is 19.5 Å². The van der Waals surface area contributed by atoms with Gasteiger partial charge in [0.2, 0.25) is 0 Å². The molecule has 0 aliphatic heterocycles. The molecule has 0 atom stereocenters. The molecule has 1 amide bonds. The summed E-state index contributed by atoms with van der Waals surface area (Å²) in [5.74, 6) is -1.57. The number of benzene rings is 2. The first-order valence-corrected chi connectivity index (χ1v) is 6.92. The molecule has 2 aromatic carbocycles. The van der Waals surface area contributed by atoms with Crippen LogP contribution in [0.15, 0.2) is 36.4 Å². The van der Waals surface area contributed by atoms with Crippen LogP contribution in [0.3, 0.4) is 0 Å². The Morgan fingerprint density at radius 3 is 2.20 bits per heavy atom. The fourth-order valence-electron chi connectivity index (χ4n) is 2.09. The van der Waals surface area contributed by atoms with Gasteiger partial charge in [0, 0.05) is 17.7 Å². The summed E-state index contributed by atoms with van der Waals surface area (Å²) in [6, 6.07) is 7.67. The number of carbonyl (C=O) groups is 2. The van der Waals surface area contributed by atoms with Crippen molar-refractivity contribution >= 4 is 23.3 Å². The number of nitrogens with zero attached hydrogens (tertiary/aromatic N) is 1. The maximum atomic E-state index is 12.3.